The minimum atomic E-state index is -0.359. The molecule has 0 bridgehead atoms. The molecule has 0 spiro atoms. The van der Waals surface area contributed by atoms with Crippen molar-refractivity contribution in [3.8, 4) is 22.8 Å². The maximum absolute atomic E-state index is 12.5. The Morgan fingerprint density at radius 1 is 1.09 bits per heavy atom. The normalized spacial score (nSPS) is 10.8. The highest BCUT2D eigenvalue weighted by Gasteiger charge is 2.13. The summed E-state index contributed by atoms with van der Waals surface area (Å²) in [5.74, 6) is 0.941. The third-order valence-corrected chi connectivity index (χ3v) is 5.23. The van der Waals surface area contributed by atoms with Gasteiger partial charge in [0.15, 0.2) is 0 Å². The zero-order valence-electron chi connectivity index (χ0n) is 17.9. The van der Waals surface area contributed by atoms with Crippen LogP contribution in [0.1, 0.15) is 5.56 Å². The summed E-state index contributed by atoms with van der Waals surface area (Å²) in [7, 11) is 3.13. The molecule has 32 heavy (non-hydrogen) atoms. The quantitative estimate of drug-likeness (QED) is 0.446. The van der Waals surface area contributed by atoms with Crippen LogP contribution in [0.3, 0.4) is 0 Å². The first-order valence-corrected chi connectivity index (χ1v) is 10.2. The van der Waals surface area contributed by atoms with E-state index in [1.54, 1.807) is 38.5 Å². The van der Waals surface area contributed by atoms with Gasteiger partial charge in [0.2, 0.25) is 5.91 Å². The number of ether oxygens (including phenoxy) is 2. The Morgan fingerprint density at radius 3 is 2.75 bits per heavy atom. The van der Waals surface area contributed by atoms with E-state index in [1.807, 2.05) is 30.5 Å². The molecule has 0 aliphatic rings. The Labute approximate surface area is 184 Å². The third kappa shape index (κ3) is 4.49. The van der Waals surface area contributed by atoms with Crippen molar-refractivity contribution in [3.63, 3.8) is 0 Å². The van der Waals surface area contributed by atoms with Crippen molar-refractivity contribution in [2.75, 3.05) is 20.8 Å². The van der Waals surface area contributed by atoms with Gasteiger partial charge in [0, 0.05) is 35.3 Å². The number of methoxy groups -OCH3 is 2. The maximum Gasteiger partial charge on any atom is 0.267 e. The molecule has 0 radical (unpaired) electrons. The number of aromatic nitrogens is 3. The fourth-order valence-corrected chi connectivity index (χ4v) is 3.59. The number of carbonyl (C=O) groups is 1. The van der Waals surface area contributed by atoms with E-state index >= 15 is 0 Å². The first-order chi connectivity index (χ1) is 15.6. The molecule has 8 nitrogen and oxygen atoms in total. The van der Waals surface area contributed by atoms with Crippen LogP contribution in [0.15, 0.2) is 65.6 Å². The predicted octanol–water partition coefficient (Wildman–Crippen LogP) is 2.77. The van der Waals surface area contributed by atoms with E-state index < -0.39 is 0 Å². The molecule has 2 aromatic heterocycles. The molecular formula is C24H24N4O4. The summed E-state index contributed by atoms with van der Waals surface area (Å²) >= 11 is 0. The number of hydrogen-bond acceptors (Lipinski definition) is 5. The summed E-state index contributed by atoms with van der Waals surface area (Å²) in [6, 6.07) is 16.3. The van der Waals surface area contributed by atoms with Crippen LogP contribution in [0, 0.1) is 0 Å². The Hall–Kier alpha value is -4.07. The van der Waals surface area contributed by atoms with Gasteiger partial charge in [0.25, 0.3) is 5.56 Å². The minimum absolute atomic E-state index is 0.174. The molecule has 2 heterocycles. The van der Waals surface area contributed by atoms with Crippen LogP contribution in [0.25, 0.3) is 22.2 Å². The third-order valence-electron chi connectivity index (χ3n) is 5.23. The standard InChI is InChI=1S/C24H24N4O4/c1-31-17-7-9-22(32-2)19(13-17)21-8-10-24(30)28(27-21)15-23(29)25-12-11-16-14-26-20-6-4-3-5-18(16)20/h3-10,13-14,26H,11-12,15H2,1-2H3,(H,25,29). The summed E-state index contributed by atoms with van der Waals surface area (Å²) < 4.78 is 11.8. The van der Waals surface area contributed by atoms with Crippen molar-refractivity contribution in [3.05, 3.63) is 76.7 Å². The molecule has 2 aromatic carbocycles. The van der Waals surface area contributed by atoms with Gasteiger partial charge in [0.05, 0.1) is 19.9 Å². The van der Waals surface area contributed by atoms with E-state index in [0.29, 0.717) is 35.7 Å². The van der Waals surface area contributed by atoms with Crippen molar-refractivity contribution in [2.45, 2.75) is 13.0 Å². The summed E-state index contributed by atoms with van der Waals surface area (Å²) in [5, 5.41) is 8.37. The van der Waals surface area contributed by atoms with Crippen LogP contribution >= 0.6 is 0 Å². The van der Waals surface area contributed by atoms with Crippen molar-refractivity contribution >= 4 is 16.8 Å². The summed E-state index contributed by atoms with van der Waals surface area (Å²) in [4.78, 5) is 28.0. The van der Waals surface area contributed by atoms with Gasteiger partial charge in [-0.25, -0.2) is 4.68 Å². The van der Waals surface area contributed by atoms with Gasteiger partial charge in [-0.15, -0.1) is 0 Å². The number of aromatic amines is 1. The van der Waals surface area contributed by atoms with E-state index in [1.165, 1.54) is 6.07 Å². The lowest BCUT2D eigenvalue weighted by atomic mass is 10.1. The Bertz CT molecular complexity index is 1310. The average molecular weight is 432 g/mol. The van der Waals surface area contributed by atoms with Crippen LogP contribution in [-0.2, 0) is 17.8 Å². The lowest BCUT2D eigenvalue weighted by Crippen LogP contribution is -2.34. The Morgan fingerprint density at radius 2 is 1.94 bits per heavy atom. The van der Waals surface area contributed by atoms with Crippen LogP contribution in [0.2, 0.25) is 0 Å². The SMILES string of the molecule is COc1ccc(OC)c(-c2ccc(=O)n(CC(=O)NCCc3c[nH]c4ccccc34)n2)c1. The maximum atomic E-state index is 12.5. The second-order valence-corrected chi connectivity index (χ2v) is 7.24. The topological polar surface area (TPSA) is 98.2 Å². The molecule has 0 saturated heterocycles. The first kappa shape index (κ1) is 21.2. The van der Waals surface area contributed by atoms with Gasteiger partial charge >= 0.3 is 0 Å². The Balaban J connectivity index is 1.45. The predicted molar refractivity (Wildman–Crippen MR) is 122 cm³/mol. The molecule has 0 fully saturated rings. The number of fused-ring (bicyclic) bond motifs is 1. The number of H-pyrrole nitrogens is 1. The largest absolute Gasteiger partial charge is 0.497 e. The number of amides is 1. The highest BCUT2D eigenvalue weighted by Crippen LogP contribution is 2.31. The van der Waals surface area contributed by atoms with Crippen LogP contribution < -0.4 is 20.3 Å². The van der Waals surface area contributed by atoms with Crippen molar-refractivity contribution < 1.29 is 14.3 Å². The highest BCUT2D eigenvalue weighted by atomic mass is 16.5. The summed E-state index contributed by atoms with van der Waals surface area (Å²) in [6.45, 7) is 0.283. The second-order valence-electron chi connectivity index (χ2n) is 7.24. The first-order valence-electron chi connectivity index (χ1n) is 10.2. The van der Waals surface area contributed by atoms with Gasteiger partial charge in [0.1, 0.15) is 18.0 Å². The van der Waals surface area contributed by atoms with Gasteiger partial charge in [-0.1, -0.05) is 18.2 Å². The smallest absolute Gasteiger partial charge is 0.267 e. The minimum Gasteiger partial charge on any atom is -0.497 e. The molecule has 0 saturated carbocycles. The average Bonchev–Trinajstić information content (AvgIpc) is 3.23. The zero-order chi connectivity index (χ0) is 22.5. The number of benzene rings is 2. The Kier molecular flexibility index (Phi) is 6.21. The fraction of sp³-hybridized carbons (Fsp3) is 0.208. The van der Waals surface area contributed by atoms with E-state index in [9.17, 15) is 9.59 Å². The van der Waals surface area contributed by atoms with E-state index in [4.69, 9.17) is 9.47 Å². The number of nitrogens with zero attached hydrogens (tertiary/aromatic N) is 2. The molecule has 0 aliphatic carbocycles. The monoisotopic (exact) mass is 432 g/mol. The number of para-hydroxylation sites is 1. The van der Waals surface area contributed by atoms with Gasteiger partial charge < -0.3 is 19.8 Å². The van der Waals surface area contributed by atoms with Crippen LogP contribution in [0.5, 0.6) is 11.5 Å². The van der Waals surface area contributed by atoms with E-state index in [2.05, 4.69) is 15.4 Å². The lowest BCUT2D eigenvalue weighted by Gasteiger charge is -2.12. The molecule has 4 aromatic rings. The number of rotatable bonds is 8. The molecule has 8 heteroatoms. The molecule has 164 valence electrons. The summed E-state index contributed by atoms with van der Waals surface area (Å²) in [6.07, 6.45) is 2.63. The molecule has 2 N–H and O–H groups in total. The second kappa shape index (κ2) is 9.38. The zero-order valence-corrected chi connectivity index (χ0v) is 17.9. The van der Waals surface area contributed by atoms with Gasteiger partial charge in [-0.05, 0) is 42.3 Å². The summed E-state index contributed by atoms with van der Waals surface area (Å²) in [5.41, 5.74) is 3.01. The highest BCUT2D eigenvalue weighted by molar-refractivity contribution is 5.83. The van der Waals surface area contributed by atoms with Crippen molar-refractivity contribution in [2.24, 2.45) is 0 Å². The van der Waals surface area contributed by atoms with Crippen LogP contribution in [-0.4, -0.2) is 41.4 Å². The molecule has 0 unspecified atom stereocenters. The number of carbonyl (C=O) groups excluding carboxylic acids is 1. The molecular weight excluding hydrogens is 408 g/mol. The molecule has 1 amide bonds. The fourth-order valence-electron chi connectivity index (χ4n) is 3.59. The number of nitrogens with one attached hydrogen (secondary N) is 2. The molecule has 0 atom stereocenters. The van der Waals surface area contributed by atoms with E-state index in [-0.39, 0.29) is 18.0 Å². The van der Waals surface area contributed by atoms with Crippen LogP contribution in [0.4, 0.5) is 0 Å². The molecule has 4 rings (SSSR count). The van der Waals surface area contributed by atoms with Crippen molar-refractivity contribution in [1.82, 2.24) is 20.1 Å². The molecule has 0 aliphatic heterocycles. The number of hydrogen-bond donors (Lipinski definition) is 2. The lowest BCUT2D eigenvalue weighted by molar-refractivity contribution is -0.121. The van der Waals surface area contributed by atoms with E-state index in [0.717, 1.165) is 21.1 Å². The van der Waals surface area contributed by atoms with Gasteiger partial charge in [-0.2, -0.15) is 5.10 Å². The van der Waals surface area contributed by atoms with Crippen molar-refractivity contribution in [1.29, 1.82) is 0 Å². The van der Waals surface area contributed by atoms with Gasteiger partial charge in [-0.3, -0.25) is 9.59 Å².